The number of halogens is 2. The van der Waals surface area contributed by atoms with Gasteiger partial charge >= 0.3 is 5.97 Å². The van der Waals surface area contributed by atoms with Gasteiger partial charge in [-0.05, 0) is 54.8 Å². The molecule has 0 saturated carbocycles. The summed E-state index contributed by atoms with van der Waals surface area (Å²) in [5, 5.41) is 11.7. The minimum Gasteiger partial charge on any atom is -0.477 e. The van der Waals surface area contributed by atoms with Crippen molar-refractivity contribution in [3.8, 4) is 0 Å². The molecule has 0 fully saturated rings. The van der Waals surface area contributed by atoms with Gasteiger partial charge in [-0.25, -0.2) is 14.8 Å². The fourth-order valence-electron chi connectivity index (χ4n) is 4.82. The van der Waals surface area contributed by atoms with Crippen LogP contribution in [0.4, 0.5) is 0 Å². The summed E-state index contributed by atoms with van der Waals surface area (Å²) in [6, 6.07) is 11.5. The van der Waals surface area contributed by atoms with Crippen LogP contribution in [0.5, 0.6) is 0 Å². The fraction of sp³-hybridized carbons (Fsp3) is 0.348. The lowest BCUT2D eigenvalue weighted by molar-refractivity contribution is -0.132. The third-order valence-corrected chi connectivity index (χ3v) is 7.75. The Balaban J connectivity index is 2.04. The van der Waals surface area contributed by atoms with Gasteiger partial charge in [-0.15, -0.1) is 0 Å². The van der Waals surface area contributed by atoms with Crippen LogP contribution in [0.25, 0.3) is 0 Å². The third-order valence-electron chi connectivity index (χ3n) is 6.23. The molecule has 0 spiro atoms. The molecule has 5 nitrogen and oxygen atoms in total. The number of aliphatic carboxylic acids is 1. The van der Waals surface area contributed by atoms with E-state index in [1.165, 1.54) is 11.8 Å². The van der Waals surface area contributed by atoms with Crippen molar-refractivity contribution in [3.63, 3.8) is 0 Å². The Morgan fingerprint density at radius 2 is 1.81 bits per heavy atom. The number of fused-ring (bicyclic) bond motifs is 1. The number of carboxylic acids is 1. The van der Waals surface area contributed by atoms with Crippen molar-refractivity contribution in [2.24, 2.45) is 10.9 Å². The van der Waals surface area contributed by atoms with Crippen LogP contribution < -0.4 is 0 Å². The predicted molar refractivity (Wildman–Crippen MR) is 126 cm³/mol. The number of thioether (sulfide) groups is 1. The number of benzene rings is 1. The molecule has 4 rings (SSSR count). The third kappa shape index (κ3) is 3.19. The van der Waals surface area contributed by atoms with Gasteiger partial charge in [0.05, 0.1) is 0 Å². The summed E-state index contributed by atoms with van der Waals surface area (Å²) >= 11 is 13.5. The van der Waals surface area contributed by atoms with E-state index in [2.05, 4.69) is 23.7 Å². The normalized spacial score (nSPS) is 25.3. The lowest BCUT2D eigenvalue weighted by atomic mass is 9.68. The first-order valence-corrected chi connectivity index (χ1v) is 11.7. The molecule has 2 aliphatic heterocycles. The lowest BCUT2D eigenvalue weighted by Gasteiger charge is -2.48. The minimum atomic E-state index is -0.929. The van der Waals surface area contributed by atoms with Gasteiger partial charge in [0.1, 0.15) is 21.1 Å². The van der Waals surface area contributed by atoms with Crippen LogP contribution in [-0.2, 0) is 15.9 Å². The van der Waals surface area contributed by atoms with E-state index in [-0.39, 0.29) is 5.92 Å². The van der Waals surface area contributed by atoms with Crippen LogP contribution in [0.15, 0.2) is 58.2 Å². The smallest absolute Gasteiger partial charge is 0.344 e. The molecule has 0 amide bonds. The van der Waals surface area contributed by atoms with Crippen molar-refractivity contribution in [1.29, 1.82) is 0 Å². The molecule has 2 aliphatic rings. The lowest BCUT2D eigenvalue weighted by Crippen LogP contribution is -2.53. The van der Waals surface area contributed by atoms with Crippen molar-refractivity contribution < 1.29 is 9.90 Å². The number of hydrogen-bond acceptors (Lipinski definition) is 5. The summed E-state index contributed by atoms with van der Waals surface area (Å²) in [7, 11) is 0. The second-order valence-electron chi connectivity index (χ2n) is 8.17. The molecule has 1 aromatic heterocycles. The molecule has 0 unspecified atom stereocenters. The topological polar surface area (TPSA) is 65.8 Å². The minimum absolute atomic E-state index is 0.00443. The quantitative estimate of drug-likeness (QED) is 0.515. The Hall–Kier alpha value is -2.02. The van der Waals surface area contributed by atoms with Crippen LogP contribution in [-0.4, -0.2) is 26.1 Å². The number of nitrogens with zero attached hydrogens (tertiary/aromatic N) is 3. The highest BCUT2D eigenvalue weighted by Gasteiger charge is 2.62. The van der Waals surface area contributed by atoms with Crippen molar-refractivity contribution in [2.45, 2.75) is 45.2 Å². The maximum absolute atomic E-state index is 12.1. The molecule has 2 aromatic rings. The Kier molecular flexibility index (Phi) is 5.61. The van der Waals surface area contributed by atoms with E-state index in [1.807, 2.05) is 44.2 Å². The van der Waals surface area contributed by atoms with Crippen molar-refractivity contribution in [3.05, 3.63) is 74.5 Å². The largest absolute Gasteiger partial charge is 0.477 e. The zero-order valence-electron chi connectivity index (χ0n) is 17.7. The predicted octanol–water partition coefficient (Wildman–Crippen LogP) is 6.28. The number of aliphatic imine (C=N–C) groups is 1. The Morgan fingerprint density at radius 3 is 2.32 bits per heavy atom. The summed E-state index contributed by atoms with van der Waals surface area (Å²) in [4.78, 5) is 24.0. The molecule has 162 valence electrons. The maximum atomic E-state index is 12.1. The second kappa shape index (κ2) is 7.84. The van der Waals surface area contributed by atoms with Gasteiger partial charge in [-0.3, -0.25) is 0 Å². The first-order valence-electron chi connectivity index (χ1n) is 10.1. The van der Waals surface area contributed by atoms with Gasteiger partial charge in [-0.2, -0.15) is 0 Å². The summed E-state index contributed by atoms with van der Waals surface area (Å²) in [6.07, 6.45) is 2.45. The van der Waals surface area contributed by atoms with E-state index < -0.39 is 17.0 Å². The van der Waals surface area contributed by atoms with E-state index >= 15 is 0 Å². The van der Waals surface area contributed by atoms with Crippen LogP contribution in [0.3, 0.4) is 0 Å². The number of hydrogen-bond donors (Lipinski definition) is 1. The number of aromatic nitrogens is 1. The summed E-state index contributed by atoms with van der Waals surface area (Å²) in [5.74, 6) is -0.933. The number of amidine groups is 1. The highest BCUT2D eigenvalue weighted by atomic mass is 35.5. The molecule has 0 saturated heterocycles. The molecule has 1 N–H and O–H groups in total. The molecule has 0 bridgehead atoms. The van der Waals surface area contributed by atoms with E-state index in [1.54, 1.807) is 12.3 Å². The number of carbonyl (C=O) groups is 1. The number of rotatable bonds is 5. The molecule has 8 heteroatoms. The fourth-order valence-corrected chi connectivity index (χ4v) is 6.33. The SMILES string of the molecule is CC[C@]1(c2ccc(Cl)cc2)N2C(=N[C@@]1(C)c1ccc(Cl)nc1)SC(C(=O)O)=C2C(C)C. The number of pyridine rings is 1. The number of allylic oxidation sites excluding steroid dienone is 1. The second-order valence-corrected chi connectivity index (χ2v) is 9.97. The van der Waals surface area contributed by atoms with E-state index in [0.717, 1.165) is 16.8 Å². The molecule has 0 aliphatic carbocycles. The average Bonchev–Trinajstić information content (AvgIpc) is 3.21. The van der Waals surface area contributed by atoms with E-state index in [9.17, 15) is 9.90 Å². The van der Waals surface area contributed by atoms with Crippen molar-refractivity contribution in [2.75, 3.05) is 0 Å². The zero-order valence-corrected chi connectivity index (χ0v) is 20.0. The molecule has 1 aromatic carbocycles. The summed E-state index contributed by atoms with van der Waals surface area (Å²) in [5.41, 5.74) is 1.32. The van der Waals surface area contributed by atoms with Crippen molar-refractivity contribution >= 4 is 46.1 Å². The highest BCUT2D eigenvalue weighted by Crippen LogP contribution is 2.60. The highest BCUT2D eigenvalue weighted by molar-refractivity contribution is 8.18. The molecule has 3 heterocycles. The van der Waals surface area contributed by atoms with Crippen LogP contribution in [0.2, 0.25) is 10.2 Å². The first kappa shape index (κ1) is 22.2. The van der Waals surface area contributed by atoms with Gasteiger partial charge in [0.25, 0.3) is 0 Å². The van der Waals surface area contributed by atoms with Crippen LogP contribution >= 0.6 is 35.0 Å². The van der Waals surface area contributed by atoms with Gasteiger partial charge in [0.15, 0.2) is 5.17 Å². The van der Waals surface area contributed by atoms with Crippen LogP contribution in [0, 0.1) is 5.92 Å². The summed E-state index contributed by atoms with van der Waals surface area (Å²) < 4.78 is 0. The molecule has 0 radical (unpaired) electrons. The first-order chi connectivity index (χ1) is 14.7. The van der Waals surface area contributed by atoms with Gasteiger partial charge in [0.2, 0.25) is 0 Å². The van der Waals surface area contributed by atoms with E-state index in [0.29, 0.717) is 26.7 Å². The Bertz CT molecular complexity index is 1100. The molecule has 2 atom stereocenters. The Labute approximate surface area is 196 Å². The molecular weight excluding hydrogens is 453 g/mol. The molecular formula is C23H23Cl2N3O2S. The Morgan fingerprint density at radius 1 is 1.16 bits per heavy atom. The maximum Gasteiger partial charge on any atom is 0.344 e. The molecule has 31 heavy (non-hydrogen) atoms. The number of carboxylic acid groups (broad SMARTS) is 1. The van der Waals surface area contributed by atoms with Gasteiger partial charge in [0, 0.05) is 22.5 Å². The van der Waals surface area contributed by atoms with E-state index in [4.69, 9.17) is 28.2 Å². The summed E-state index contributed by atoms with van der Waals surface area (Å²) in [6.45, 7) is 8.23. The monoisotopic (exact) mass is 475 g/mol. The zero-order chi connectivity index (χ0) is 22.6. The van der Waals surface area contributed by atoms with Crippen molar-refractivity contribution in [1.82, 2.24) is 9.88 Å². The van der Waals surface area contributed by atoms with Gasteiger partial charge < -0.3 is 10.0 Å². The standard InChI is InChI=1S/C23H23Cl2N3O2S/c1-5-23(14-6-9-16(24)10-7-14)22(4,15-8-11-17(25)26-12-15)27-21-28(23)18(13(2)3)19(31-21)20(29)30/h6-13H,5H2,1-4H3,(H,29,30)/t22-,23+/m0/s1. The van der Waals surface area contributed by atoms with Crippen LogP contribution in [0.1, 0.15) is 45.2 Å². The van der Waals surface area contributed by atoms with Gasteiger partial charge in [-0.1, -0.05) is 62.2 Å². The average molecular weight is 476 g/mol.